The van der Waals surface area contributed by atoms with Crippen molar-refractivity contribution in [2.24, 2.45) is 5.92 Å². The number of rotatable bonds is 4. The predicted molar refractivity (Wildman–Crippen MR) is 103 cm³/mol. The number of pyridine rings is 1. The number of nitrogens with zero attached hydrogens (tertiary/aromatic N) is 1. The van der Waals surface area contributed by atoms with Gasteiger partial charge in [-0.05, 0) is 36.5 Å². The van der Waals surface area contributed by atoms with Crippen molar-refractivity contribution < 1.29 is 15.0 Å². The van der Waals surface area contributed by atoms with Crippen LogP contribution in [-0.2, 0) is 0 Å². The largest absolute Gasteiger partial charge is 0.505 e. The first-order valence-corrected chi connectivity index (χ1v) is 8.74. The van der Waals surface area contributed by atoms with Gasteiger partial charge in [-0.15, -0.1) is 0 Å². The van der Waals surface area contributed by atoms with Crippen molar-refractivity contribution in [1.82, 2.24) is 4.98 Å². The van der Waals surface area contributed by atoms with E-state index in [0.717, 1.165) is 16.7 Å². The average molecular weight is 349 g/mol. The third kappa shape index (κ3) is 2.92. The van der Waals surface area contributed by atoms with E-state index in [1.165, 1.54) is 0 Å². The molecular formula is C22H23NO3. The molecule has 2 aromatic carbocycles. The molecule has 1 aromatic heterocycles. The van der Waals surface area contributed by atoms with Crippen molar-refractivity contribution in [1.29, 1.82) is 0 Å². The Kier molecular flexibility index (Phi) is 4.68. The number of carbonyl (C=O) groups is 1. The first-order chi connectivity index (χ1) is 12.3. The van der Waals surface area contributed by atoms with Crippen LogP contribution >= 0.6 is 0 Å². The van der Waals surface area contributed by atoms with Crippen LogP contribution in [-0.4, -0.2) is 21.2 Å². The molecule has 1 atom stereocenters. The third-order valence-electron chi connectivity index (χ3n) is 5.02. The van der Waals surface area contributed by atoms with Crippen LogP contribution in [0.1, 0.15) is 52.5 Å². The maximum atomic E-state index is 11.9. The molecule has 3 rings (SSSR count). The zero-order valence-corrected chi connectivity index (χ0v) is 15.4. The summed E-state index contributed by atoms with van der Waals surface area (Å²) in [5.74, 6) is -1.44. The maximum Gasteiger partial charge on any atom is 0.340 e. The zero-order chi connectivity index (χ0) is 19.0. The number of aromatic hydroxyl groups is 1. The second-order valence-corrected chi connectivity index (χ2v) is 7.06. The number of carboxylic acid groups (broad SMARTS) is 1. The monoisotopic (exact) mass is 349 g/mol. The number of hydrogen-bond acceptors (Lipinski definition) is 3. The van der Waals surface area contributed by atoms with E-state index >= 15 is 0 Å². The lowest BCUT2D eigenvalue weighted by atomic mass is 9.83. The van der Waals surface area contributed by atoms with Gasteiger partial charge in [-0.25, -0.2) is 9.78 Å². The van der Waals surface area contributed by atoms with E-state index < -0.39 is 5.97 Å². The minimum absolute atomic E-state index is 0.0744. The number of aromatic carboxylic acids is 1. The Morgan fingerprint density at radius 3 is 2.27 bits per heavy atom. The highest BCUT2D eigenvalue weighted by Crippen LogP contribution is 2.40. The normalized spacial score (nSPS) is 12.5. The molecular weight excluding hydrogens is 326 g/mol. The summed E-state index contributed by atoms with van der Waals surface area (Å²) in [7, 11) is 0. The Morgan fingerprint density at radius 2 is 1.69 bits per heavy atom. The summed E-state index contributed by atoms with van der Waals surface area (Å²) in [5.41, 5.74) is 3.96. The molecule has 3 aromatic rings. The van der Waals surface area contributed by atoms with Gasteiger partial charge < -0.3 is 10.2 Å². The van der Waals surface area contributed by atoms with Crippen LogP contribution in [0.15, 0.2) is 42.5 Å². The van der Waals surface area contributed by atoms with E-state index in [1.54, 1.807) is 6.07 Å². The Bertz CT molecular complexity index is 978. The molecule has 0 saturated heterocycles. The van der Waals surface area contributed by atoms with E-state index in [4.69, 9.17) is 4.98 Å². The predicted octanol–water partition coefficient (Wildman–Crippen LogP) is 5.04. The van der Waals surface area contributed by atoms with E-state index in [0.29, 0.717) is 16.6 Å². The fraction of sp³-hybridized carbons (Fsp3) is 0.273. The van der Waals surface area contributed by atoms with Crippen LogP contribution in [0, 0.1) is 19.8 Å². The molecule has 4 heteroatoms. The van der Waals surface area contributed by atoms with E-state index in [2.05, 4.69) is 0 Å². The van der Waals surface area contributed by atoms with E-state index in [9.17, 15) is 15.0 Å². The zero-order valence-electron chi connectivity index (χ0n) is 15.4. The van der Waals surface area contributed by atoms with Crippen LogP contribution in [0.25, 0.3) is 10.9 Å². The number of benzene rings is 2. The molecule has 1 heterocycles. The van der Waals surface area contributed by atoms with Gasteiger partial charge in [-0.3, -0.25) is 0 Å². The van der Waals surface area contributed by atoms with Crippen LogP contribution in [0.4, 0.5) is 0 Å². The van der Waals surface area contributed by atoms with Crippen molar-refractivity contribution >= 4 is 16.9 Å². The average Bonchev–Trinajstić information content (AvgIpc) is 2.60. The van der Waals surface area contributed by atoms with Crippen LogP contribution in [0.3, 0.4) is 0 Å². The Balaban J connectivity index is 2.40. The SMILES string of the molecule is Cc1ccc2c(C(=O)O)c(O)c(C(c3ccccc3)C(C)C)nc2c1C. The molecule has 0 saturated carbocycles. The van der Waals surface area contributed by atoms with E-state index in [1.807, 2.05) is 64.1 Å². The Labute approximate surface area is 153 Å². The lowest BCUT2D eigenvalue weighted by Crippen LogP contribution is -2.13. The molecule has 0 spiro atoms. The lowest BCUT2D eigenvalue weighted by molar-refractivity contribution is 0.0695. The van der Waals surface area contributed by atoms with E-state index in [-0.39, 0.29) is 23.1 Å². The second kappa shape index (κ2) is 6.79. The van der Waals surface area contributed by atoms with Crippen molar-refractivity contribution in [3.8, 4) is 5.75 Å². The topological polar surface area (TPSA) is 70.4 Å². The molecule has 0 radical (unpaired) electrons. The van der Waals surface area contributed by atoms with Crippen LogP contribution in [0.2, 0.25) is 0 Å². The summed E-state index contributed by atoms with van der Waals surface area (Å²) < 4.78 is 0. The Morgan fingerprint density at radius 1 is 1.04 bits per heavy atom. The standard InChI is InChI=1S/C22H23NO3/c1-12(2)17(15-8-6-5-7-9-15)20-21(24)18(22(25)26)16-11-10-13(3)14(4)19(16)23-20/h5-12,17,24H,1-4H3,(H,25,26). The fourth-order valence-electron chi connectivity index (χ4n) is 3.53. The highest BCUT2D eigenvalue weighted by molar-refractivity contribution is 6.06. The van der Waals surface area contributed by atoms with Gasteiger partial charge in [0.15, 0.2) is 5.75 Å². The summed E-state index contributed by atoms with van der Waals surface area (Å²) in [6, 6.07) is 13.4. The molecule has 134 valence electrons. The lowest BCUT2D eigenvalue weighted by Gasteiger charge is -2.24. The third-order valence-corrected chi connectivity index (χ3v) is 5.02. The number of fused-ring (bicyclic) bond motifs is 1. The second-order valence-electron chi connectivity index (χ2n) is 7.06. The summed E-state index contributed by atoms with van der Waals surface area (Å²) in [6.07, 6.45) is 0. The van der Waals surface area contributed by atoms with Crippen LogP contribution in [0.5, 0.6) is 5.75 Å². The van der Waals surface area contributed by atoms with Gasteiger partial charge in [0.1, 0.15) is 5.56 Å². The minimum Gasteiger partial charge on any atom is -0.505 e. The quantitative estimate of drug-likeness (QED) is 0.692. The van der Waals surface area contributed by atoms with Gasteiger partial charge in [0, 0.05) is 11.3 Å². The molecule has 0 bridgehead atoms. The highest BCUT2D eigenvalue weighted by atomic mass is 16.4. The number of aryl methyl sites for hydroxylation is 2. The smallest absolute Gasteiger partial charge is 0.340 e. The molecule has 4 nitrogen and oxygen atoms in total. The van der Waals surface area contributed by atoms with Crippen molar-refractivity contribution in [2.45, 2.75) is 33.6 Å². The molecule has 0 aliphatic rings. The van der Waals surface area contributed by atoms with Crippen molar-refractivity contribution in [3.05, 3.63) is 70.4 Å². The van der Waals surface area contributed by atoms with Gasteiger partial charge in [-0.1, -0.05) is 56.3 Å². The molecule has 0 fully saturated rings. The number of aromatic nitrogens is 1. The number of hydrogen-bond donors (Lipinski definition) is 2. The first kappa shape index (κ1) is 17.9. The summed E-state index contributed by atoms with van der Waals surface area (Å²) in [4.78, 5) is 16.7. The Hall–Kier alpha value is -2.88. The fourth-order valence-corrected chi connectivity index (χ4v) is 3.53. The minimum atomic E-state index is -1.14. The van der Waals surface area contributed by atoms with Crippen molar-refractivity contribution in [3.63, 3.8) is 0 Å². The van der Waals surface area contributed by atoms with Gasteiger partial charge in [0.2, 0.25) is 0 Å². The van der Waals surface area contributed by atoms with Gasteiger partial charge in [-0.2, -0.15) is 0 Å². The first-order valence-electron chi connectivity index (χ1n) is 8.74. The summed E-state index contributed by atoms with van der Waals surface area (Å²) >= 11 is 0. The summed E-state index contributed by atoms with van der Waals surface area (Å²) in [6.45, 7) is 8.00. The van der Waals surface area contributed by atoms with Gasteiger partial charge in [0.25, 0.3) is 0 Å². The molecule has 1 unspecified atom stereocenters. The van der Waals surface area contributed by atoms with Gasteiger partial charge >= 0.3 is 5.97 Å². The molecule has 0 aliphatic heterocycles. The van der Waals surface area contributed by atoms with Crippen molar-refractivity contribution in [2.75, 3.05) is 0 Å². The van der Waals surface area contributed by atoms with Crippen LogP contribution < -0.4 is 0 Å². The summed E-state index contributed by atoms with van der Waals surface area (Å²) in [5, 5.41) is 21.1. The van der Waals surface area contributed by atoms with Gasteiger partial charge in [0.05, 0.1) is 11.2 Å². The molecule has 26 heavy (non-hydrogen) atoms. The molecule has 0 amide bonds. The maximum absolute atomic E-state index is 11.9. The highest BCUT2D eigenvalue weighted by Gasteiger charge is 2.28. The molecule has 0 aliphatic carbocycles. The number of carboxylic acids is 1. The molecule has 2 N–H and O–H groups in total.